The second-order valence-electron chi connectivity index (χ2n) is 3.24. The van der Waals surface area contributed by atoms with Gasteiger partial charge in [0.2, 0.25) is 0 Å². The van der Waals surface area contributed by atoms with Crippen LogP contribution in [-0.2, 0) is 17.8 Å². The second kappa shape index (κ2) is 4.33. The van der Waals surface area contributed by atoms with E-state index in [0.717, 1.165) is 14.3 Å². The maximum absolute atomic E-state index is 12.1. The quantitative estimate of drug-likeness (QED) is 0.831. The molecule has 0 saturated carbocycles. The van der Waals surface area contributed by atoms with E-state index in [1.54, 1.807) is 0 Å². The maximum atomic E-state index is 12.1. The molecule has 0 N–H and O–H groups in total. The zero-order chi connectivity index (χ0) is 10.8. The first-order valence-electron chi connectivity index (χ1n) is 4.46. The molecule has 2 aromatic rings. The third-order valence-corrected chi connectivity index (χ3v) is 3.95. The van der Waals surface area contributed by atoms with Crippen LogP contribution in [0.2, 0.25) is 0 Å². The molecule has 0 bridgehead atoms. The number of aromatic nitrogens is 1. The lowest BCUT2D eigenvalue weighted by Crippen LogP contribution is -1.90. The van der Waals surface area contributed by atoms with E-state index in [1.165, 1.54) is 0 Å². The lowest BCUT2D eigenvalue weighted by atomic mass is 10.4. The Morgan fingerprint density at radius 1 is 1.13 bits per heavy atom. The van der Waals surface area contributed by atoms with Gasteiger partial charge < -0.3 is 4.57 Å². The summed E-state index contributed by atoms with van der Waals surface area (Å²) in [4.78, 5) is 1.66. The lowest BCUT2D eigenvalue weighted by Gasteiger charge is -1.99. The van der Waals surface area contributed by atoms with E-state index in [-0.39, 0.29) is 0 Å². The van der Waals surface area contributed by atoms with Gasteiger partial charge in [0.15, 0.2) is 0 Å². The van der Waals surface area contributed by atoms with Crippen molar-refractivity contribution in [3.05, 3.63) is 47.2 Å². The molecule has 0 aliphatic rings. The molecule has 0 radical (unpaired) electrons. The minimum atomic E-state index is -1.08. The second-order valence-corrected chi connectivity index (χ2v) is 5.63. The van der Waals surface area contributed by atoms with Crippen LogP contribution < -0.4 is 0 Å². The molecular weight excluding hydrogens is 274 g/mol. The van der Waals surface area contributed by atoms with E-state index in [9.17, 15) is 4.21 Å². The van der Waals surface area contributed by atoms with Crippen LogP contribution in [0.1, 0.15) is 0 Å². The summed E-state index contributed by atoms with van der Waals surface area (Å²) in [7, 11) is 0.843. The Labute approximate surface area is 99.5 Å². The predicted molar refractivity (Wildman–Crippen MR) is 64.2 cm³/mol. The molecule has 0 fully saturated rings. The smallest absolute Gasteiger partial charge is 0.0865 e. The van der Waals surface area contributed by atoms with Crippen molar-refractivity contribution in [1.82, 2.24) is 4.57 Å². The zero-order valence-corrected chi connectivity index (χ0v) is 10.6. The Hall–Kier alpha value is -0.870. The monoisotopic (exact) mass is 283 g/mol. The molecular formula is C11H10BrNOS. The third-order valence-electron chi connectivity index (χ3n) is 2.05. The molecule has 1 aromatic heterocycles. The average molecular weight is 284 g/mol. The summed E-state index contributed by atoms with van der Waals surface area (Å²) in [5.41, 5.74) is 0. The summed E-state index contributed by atoms with van der Waals surface area (Å²) in [5, 5.41) is 0. The molecule has 78 valence electrons. The largest absolute Gasteiger partial charge is 0.356 e. The zero-order valence-electron chi connectivity index (χ0n) is 8.18. The summed E-state index contributed by atoms with van der Waals surface area (Å²) >= 11 is 3.35. The van der Waals surface area contributed by atoms with Crippen molar-refractivity contribution >= 4 is 26.7 Å². The molecule has 15 heavy (non-hydrogen) atoms. The highest BCUT2D eigenvalue weighted by Gasteiger charge is 2.07. The first-order chi connectivity index (χ1) is 7.16. The summed E-state index contributed by atoms with van der Waals surface area (Å²) in [5.74, 6) is 0. The van der Waals surface area contributed by atoms with Crippen molar-refractivity contribution in [3.8, 4) is 0 Å². The molecule has 4 heteroatoms. The van der Waals surface area contributed by atoms with Crippen LogP contribution >= 0.6 is 15.9 Å². The van der Waals surface area contributed by atoms with Gasteiger partial charge in [-0.1, -0.05) is 15.9 Å². The van der Waals surface area contributed by atoms with Crippen molar-refractivity contribution in [3.63, 3.8) is 0 Å². The number of hydrogen-bond donors (Lipinski definition) is 0. The van der Waals surface area contributed by atoms with Crippen molar-refractivity contribution in [2.45, 2.75) is 9.79 Å². The van der Waals surface area contributed by atoms with Crippen molar-refractivity contribution in [2.75, 3.05) is 0 Å². The number of hydrogen-bond acceptors (Lipinski definition) is 1. The predicted octanol–water partition coefficient (Wildman–Crippen LogP) is 2.95. The third kappa shape index (κ3) is 2.38. The van der Waals surface area contributed by atoms with Gasteiger partial charge in [0.25, 0.3) is 0 Å². The number of aryl methyl sites for hydroxylation is 1. The molecule has 1 heterocycles. The Balaban J connectivity index is 2.32. The summed E-state index contributed by atoms with van der Waals surface area (Å²) in [6, 6.07) is 9.41. The Morgan fingerprint density at radius 3 is 2.33 bits per heavy atom. The molecule has 1 aromatic carbocycles. The number of benzene rings is 1. The molecule has 0 aliphatic carbocycles. The van der Waals surface area contributed by atoms with E-state index < -0.39 is 10.8 Å². The number of nitrogens with zero attached hydrogens (tertiary/aromatic N) is 1. The van der Waals surface area contributed by atoms with Gasteiger partial charge in [-0.3, -0.25) is 0 Å². The minimum absolute atomic E-state index is 0.824. The van der Waals surface area contributed by atoms with Crippen molar-refractivity contribution < 1.29 is 4.21 Å². The van der Waals surface area contributed by atoms with Gasteiger partial charge in [-0.15, -0.1) is 0 Å². The van der Waals surface area contributed by atoms with Crippen LogP contribution in [0, 0.1) is 0 Å². The summed E-state index contributed by atoms with van der Waals surface area (Å²) in [6.45, 7) is 0. The highest BCUT2D eigenvalue weighted by Crippen LogP contribution is 2.18. The highest BCUT2D eigenvalue weighted by atomic mass is 79.9. The molecule has 2 rings (SSSR count). The molecule has 0 amide bonds. The first-order valence-corrected chi connectivity index (χ1v) is 6.40. The van der Waals surface area contributed by atoms with E-state index in [0.29, 0.717) is 0 Å². The van der Waals surface area contributed by atoms with Gasteiger partial charge >= 0.3 is 0 Å². The van der Waals surface area contributed by atoms with Crippen LogP contribution in [0.5, 0.6) is 0 Å². The Morgan fingerprint density at radius 2 is 1.80 bits per heavy atom. The van der Waals surface area contributed by atoms with Gasteiger partial charge in [-0.05, 0) is 30.3 Å². The van der Waals surface area contributed by atoms with Crippen LogP contribution in [0.4, 0.5) is 0 Å². The fourth-order valence-corrected chi connectivity index (χ4v) is 2.65. The van der Waals surface area contributed by atoms with Crippen LogP contribution in [0.15, 0.2) is 57.0 Å². The fourth-order valence-electron chi connectivity index (χ4n) is 1.28. The SMILES string of the molecule is Cn1ccc(S(=O)c2ccc(Br)cc2)c1. The average Bonchev–Trinajstić information content (AvgIpc) is 2.65. The van der Waals surface area contributed by atoms with Gasteiger partial charge in [0, 0.05) is 28.8 Å². The van der Waals surface area contributed by atoms with Gasteiger partial charge in [0.1, 0.15) is 0 Å². The molecule has 0 saturated heterocycles. The Bertz CT molecular complexity index is 490. The summed E-state index contributed by atoms with van der Waals surface area (Å²) in [6.07, 6.45) is 3.77. The van der Waals surface area contributed by atoms with E-state index in [1.807, 2.05) is 54.3 Å². The number of halogens is 1. The fraction of sp³-hybridized carbons (Fsp3) is 0.0909. The van der Waals surface area contributed by atoms with Crippen molar-refractivity contribution in [2.24, 2.45) is 7.05 Å². The lowest BCUT2D eigenvalue weighted by molar-refractivity contribution is 0.683. The van der Waals surface area contributed by atoms with Gasteiger partial charge in [-0.2, -0.15) is 0 Å². The highest BCUT2D eigenvalue weighted by molar-refractivity contribution is 9.10. The summed E-state index contributed by atoms with van der Waals surface area (Å²) < 4.78 is 14.9. The van der Waals surface area contributed by atoms with Gasteiger partial charge in [0.05, 0.1) is 15.7 Å². The van der Waals surface area contributed by atoms with E-state index in [4.69, 9.17) is 0 Å². The molecule has 1 atom stereocenters. The molecule has 2 nitrogen and oxygen atoms in total. The van der Waals surface area contributed by atoms with Crippen molar-refractivity contribution in [1.29, 1.82) is 0 Å². The maximum Gasteiger partial charge on any atom is 0.0865 e. The van der Waals surface area contributed by atoms with Crippen LogP contribution in [0.3, 0.4) is 0 Å². The first kappa shape index (κ1) is 10.6. The topological polar surface area (TPSA) is 22.0 Å². The molecule has 0 spiro atoms. The van der Waals surface area contributed by atoms with Gasteiger partial charge in [-0.25, -0.2) is 4.21 Å². The molecule has 1 unspecified atom stereocenters. The van der Waals surface area contributed by atoms with E-state index in [2.05, 4.69) is 15.9 Å². The van der Waals surface area contributed by atoms with Crippen LogP contribution in [-0.4, -0.2) is 8.78 Å². The minimum Gasteiger partial charge on any atom is -0.356 e. The standard InChI is InChI=1S/C11H10BrNOS/c1-13-7-6-11(8-13)15(14)10-4-2-9(12)3-5-10/h2-8H,1H3. The molecule has 0 aliphatic heterocycles. The normalized spacial score (nSPS) is 12.7. The Kier molecular flexibility index (Phi) is 3.07. The van der Waals surface area contributed by atoms with E-state index >= 15 is 0 Å². The number of rotatable bonds is 2. The van der Waals surface area contributed by atoms with Crippen LogP contribution in [0.25, 0.3) is 0 Å².